The van der Waals surface area contributed by atoms with Gasteiger partial charge in [-0.2, -0.15) is 0 Å². The van der Waals surface area contributed by atoms with Crippen LogP contribution in [0.2, 0.25) is 0 Å². The van der Waals surface area contributed by atoms with Crippen LogP contribution in [0.5, 0.6) is 0 Å². The quantitative estimate of drug-likeness (QED) is 0.355. The third-order valence-electron chi connectivity index (χ3n) is 5.69. The number of nitrogens with zero attached hydrogens (tertiary/aromatic N) is 3. The summed E-state index contributed by atoms with van der Waals surface area (Å²) in [4.78, 5) is 16.3. The summed E-state index contributed by atoms with van der Waals surface area (Å²) in [6.45, 7) is 6.00. The minimum atomic E-state index is 0.185. The second-order valence-electron chi connectivity index (χ2n) is 8.60. The van der Waals surface area contributed by atoms with Crippen molar-refractivity contribution < 1.29 is 9.36 Å². The maximum Gasteiger partial charge on any atom is 0.219 e. The highest BCUT2D eigenvalue weighted by Gasteiger charge is 2.04. The fourth-order valence-corrected chi connectivity index (χ4v) is 3.39. The number of carbonyl (C=O) groups excluding carboxylic acids is 1. The molecule has 1 N–H and O–H groups in total. The summed E-state index contributed by atoms with van der Waals surface area (Å²) in [7, 11) is 6.21. The monoisotopic (exact) mass is 437 g/mol. The smallest absolute Gasteiger partial charge is 0.219 e. The van der Waals surface area contributed by atoms with E-state index in [1.165, 1.54) is 16.8 Å². The lowest BCUT2D eigenvalue weighted by molar-refractivity contribution is -0.697. The van der Waals surface area contributed by atoms with Gasteiger partial charge >= 0.3 is 0 Å². The summed E-state index contributed by atoms with van der Waals surface area (Å²) >= 11 is 0. The molecule has 0 aliphatic rings. The number of aromatic nitrogens is 1. The van der Waals surface area contributed by atoms with Crippen LogP contribution < -0.4 is 14.8 Å². The van der Waals surface area contributed by atoms with E-state index >= 15 is 0 Å². The fraction of sp³-hybridized carbons (Fsp3) is 0.481. The first-order valence-corrected chi connectivity index (χ1v) is 11.9. The summed E-state index contributed by atoms with van der Waals surface area (Å²) < 4.78 is 2.22. The third-order valence-corrected chi connectivity index (χ3v) is 5.69. The average molecular weight is 438 g/mol. The van der Waals surface area contributed by atoms with Gasteiger partial charge in [0.1, 0.15) is 6.54 Å². The van der Waals surface area contributed by atoms with E-state index in [4.69, 9.17) is 0 Å². The Hall–Kier alpha value is -2.66. The van der Waals surface area contributed by atoms with Crippen molar-refractivity contribution in [3.05, 3.63) is 59.9 Å². The van der Waals surface area contributed by atoms with Crippen LogP contribution in [0, 0.1) is 0 Å². The molecule has 0 aliphatic carbocycles. The van der Waals surface area contributed by atoms with E-state index in [9.17, 15) is 4.79 Å². The topological polar surface area (TPSA) is 39.5 Å². The number of hydrogen-bond donors (Lipinski definition) is 1. The molecule has 1 heterocycles. The molecular weight excluding hydrogens is 396 g/mol. The molecule has 5 nitrogen and oxygen atoms in total. The molecule has 0 unspecified atom stereocenters. The van der Waals surface area contributed by atoms with Crippen LogP contribution in [-0.2, 0) is 11.3 Å². The van der Waals surface area contributed by atoms with E-state index in [0.717, 1.165) is 51.9 Å². The molecule has 174 valence electrons. The molecule has 0 aliphatic heterocycles. The number of nitrogens with one attached hydrogen (secondary N) is 1. The van der Waals surface area contributed by atoms with E-state index in [1.54, 1.807) is 0 Å². The molecule has 2 rings (SSSR count). The van der Waals surface area contributed by atoms with Crippen LogP contribution in [0.15, 0.2) is 48.8 Å². The molecule has 0 saturated carbocycles. The zero-order valence-corrected chi connectivity index (χ0v) is 20.4. The van der Waals surface area contributed by atoms with Crippen LogP contribution in [0.4, 0.5) is 5.69 Å². The predicted molar refractivity (Wildman–Crippen MR) is 136 cm³/mol. The van der Waals surface area contributed by atoms with Gasteiger partial charge in [0, 0.05) is 51.3 Å². The molecule has 0 bridgehead atoms. The number of rotatable bonds is 14. The van der Waals surface area contributed by atoms with Crippen molar-refractivity contribution in [1.29, 1.82) is 0 Å². The number of anilines is 1. The first-order valence-electron chi connectivity index (χ1n) is 11.9. The Morgan fingerprint density at radius 1 is 0.906 bits per heavy atom. The van der Waals surface area contributed by atoms with E-state index in [2.05, 4.69) is 109 Å². The predicted octanol–water partition coefficient (Wildman–Crippen LogP) is 4.23. The zero-order chi connectivity index (χ0) is 23.2. The van der Waals surface area contributed by atoms with Crippen molar-refractivity contribution in [3.63, 3.8) is 0 Å². The SMILES string of the molecule is CCN(C)CCCNC(=O)CCCCC[n+]1ccc(C=Cc2ccc(N(C)C)cc2)cc1. The Morgan fingerprint density at radius 2 is 1.56 bits per heavy atom. The highest BCUT2D eigenvalue weighted by atomic mass is 16.1. The van der Waals surface area contributed by atoms with Crippen molar-refractivity contribution in [2.24, 2.45) is 0 Å². The van der Waals surface area contributed by atoms with E-state index in [-0.39, 0.29) is 5.91 Å². The molecule has 0 radical (unpaired) electrons. The first kappa shape index (κ1) is 25.6. The van der Waals surface area contributed by atoms with Crippen LogP contribution in [0.1, 0.15) is 50.2 Å². The van der Waals surface area contributed by atoms with Gasteiger partial charge in [0.2, 0.25) is 5.91 Å². The average Bonchev–Trinajstić information content (AvgIpc) is 2.81. The molecule has 1 aromatic heterocycles. The van der Waals surface area contributed by atoms with Gasteiger partial charge in [0.25, 0.3) is 0 Å². The summed E-state index contributed by atoms with van der Waals surface area (Å²) in [5.41, 5.74) is 3.60. The van der Waals surface area contributed by atoms with Crippen molar-refractivity contribution in [2.75, 3.05) is 45.7 Å². The Kier molecular flexibility index (Phi) is 11.5. The van der Waals surface area contributed by atoms with Gasteiger partial charge in [0.15, 0.2) is 12.4 Å². The van der Waals surface area contributed by atoms with Gasteiger partial charge in [-0.15, -0.1) is 0 Å². The largest absolute Gasteiger partial charge is 0.378 e. The number of hydrogen-bond acceptors (Lipinski definition) is 3. The lowest BCUT2D eigenvalue weighted by atomic mass is 10.1. The normalized spacial score (nSPS) is 11.3. The van der Waals surface area contributed by atoms with Crippen LogP contribution >= 0.6 is 0 Å². The summed E-state index contributed by atoms with van der Waals surface area (Å²) in [5, 5.41) is 3.03. The molecule has 2 aromatic rings. The number of benzene rings is 1. The standard InChI is InChI=1S/C27H40N4O/c1-5-30(4)20-9-19-28-27(32)10-7-6-8-21-31-22-17-25(18-23-31)12-11-24-13-15-26(16-14-24)29(2)3/h11-18,22-23H,5-10,19-21H2,1-4H3/p+1. The molecule has 32 heavy (non-hydrogen) atoms. The Labute approximate surface area is 194 Å². The van der Waals surface area contributed by atoms with Crippen molar-refractivity contribution in [1.82, 2.24) is 10.2 Å². The number of unbranched alkanes of at least 4 members (excludes halogenated alkanes) is 2. The molecule has 1 amide bonds. The molecular formula is C27H41N4O+. The van der Waals surface area contributed by atoms with Crippen LogP contribution in [0.25, 0.3) is 12.2 Å². The van der Waals surface area contributed by atoms with Gasteiger partial charge in [-0.3, -0.25) is 4.79 Å². The van der Waals surface area contributed by atoms with Gasteiger partial charge in [-0.05, 0) is 62.7 Å². The Balaban J connectivity index is 1.61. The maximum atomic E-state index is 11.9. The number of pyridine rings is 1. The number of carbonyl (C=O) groups is 1. The van der Waals surface area contributed by atoms with E-state index in [0.29, 0.717) is 6.42 Å². The van der Waals surface area contributed by atoms with Crippen LogP contribution in [-0.4, -0.2) is 51.6 Å². The molecule has 5 heteroatoms. The molecule has 0 fully saturated rings. The van der Waals surface area contributed by atoms with E-state index in [1.807, 2.05) is 0 Å². The second kappa shape index (κ2) is 14.4. The maximum absolute atomic E-state index is 11.9. The van der Waals surface area contributed by atoms with Gasteiger partial charge in [-0.1, -0.05) is 31.2 Å². The number of amides is 1. The van der Waals surface area contributed by atoms with E-state index < -0.39 is 0 Å². The molecule has 0 spiro atoms. The summed E-state index contributed by atoms with van der Waals surface area (Å²) in [5.74, 6) is 0.185. The highest BCUT2D eigenvalue weighted by molar-refractivity contribution is 5.75. The lowest BCUT2D eigenvalue weighted by Crippen LogP contribution is -2.32. The zero-order valence-electron chi connectivity index (χ0n) is 20.4. The van der Waals surface area contributed by atoms with Crippen molar-refractivity contribution in [2.45, 2.75) is 45.6 Å². The minimum absolute atomic E-state index is 0.185. The van der Waals surface area contributed by atoms with Crippen LogP contribution in [0.3, 0.4) is 0 Å². The Bertz CT molecular complexity index is 813. The summed E-state index contributed by atoms with van der Waals surface area (Å²) in [6, 6.07) is 12.8. The Morgan fingerprint density at radius 3 is 2.19 bits per heavy atom. The second-order valence-corrected chi connectivity index (χ2v) is 8.60. The van der Waals surface area contributed by atoms with Crippen molar-refractivity contribution in [3.8, 4) is 0 Å². The molecule has 0 saturated heterocycles. The van der Waals surface area contributed by atoms with Gasteiger partial charge in [-0.25, -0.2) is 4.57 Å². The van der Waals surface area contributed by atoms with Crippen molar-refractivity contribution >= 4 is 23.7 Å². The molecule has 1 aromatic carbocycles. The molecule has 0 atom stereocenters. The van der Waals surface area contributed by atoms with Gasteiger partial charge < -0.3 is 15.1 Å². The van der Waals surface area contributed by atoms with Gasteiger partial charge in [0.05, 0.1) is 0 Å². The number of aryl methyl sites for hydroxylation is 1. The highest BCUT2D eigenvalue weighted by Crippen LogP contribution is 2.14. The third kappa shape index (κ3) is 10.1. The first-order chi connectivity index (χ1) is 15.5. The fourth-order valence-electron chi connectivity index (χ4n) is 3.39. The lowest BCUT2D eigenvalue weighted by Gasteiger charge is -2.13. The summed E-state index contributed by atoms with van der Waals surface area (Å²) in [6.07, 6.45) is 13.3. The minimum Gasteiger partial charge on any atom is -0.378 e.